The topological polar surface area (TPSA) is 30.2 Å². The maximum absolute atomic E-state index is 13.3. The number of hydrogen-bond donors (Lipinski definition) is 0. The molecule has 0 saturated carbocycles. The summed E-state index contributed by atoms with van der Waals surface area (Å²) in [5.41, 5.74) is 1.89. The summed E-state index contributed by atoms with van der Waals surface area (Å²) in [6.07, 6.45) is 0. The summed E-state index contributed by atoms with van der Waals surface area (Å²) >= 11 is 3.26. The molecule has 1 heterocycles. The lowest BCUT2D eigenvalue weighted by atomic mass is 10.1. The number of benzene rings is 2. The van der Waals surface area contributed by atoms with E-state index in [0.717, 1.165) is 10.9 Å². The molecule has 0 aliphatic heterocycles. The molecule has 3 rings (SSSR count). The molecule has 0 bridgehead atoms. The third-order valence-electron chi connectivity index (χ3n) is 3.14. The summed E-state index contributed by atoms with van der Waals surface area (Å²) in [5.74, 6) is -0.587. The molecule has 0 unspecified atom stereocenters. The molecule has 0 amide bonds. The molecule has 0 spiro atoms. The normalized spacial score (nSPS) is 10.9. The van der Waals surface area contributed by atoms with E-state index in [4.69, 9.17) is 4.42 Å². The van der Waals surface area contributed by atoms with Gasteiger partial charge in [0, 0.05) is 15.4 Å². The van der Waals surface area contributed by atoms with Crippen molar-refractivity contribution < 1.29 is 13.6 Å². The van der Waals surface area contributed by atoms with Crippen LogP contribution in [0, 0.1) is 12.7 Å². The van der Waals surface area contributed by atoms with Gasteiger partial charge in [-0.2, -0.15) is 0 Å². The highest BCUT2D eigenvalue weighted by molar-refractivity contribution is 9.10. The smallest absolute Gasteiger partial charge is 0.229 e. The Morgan fingerprint density at radius 1 is 1.20 bits per heavy atom. The Morgan fingerprint density at radius 3 is 2.75 bits per heavy atom. The van der Waals surface area contributed by atoms with E-state index >= 15 is 0 Å². The molecule has 20 heavy (non-hydrogen) atoms. The number of hydrogen-bond acceptors (Lipinski definition) is 2. The fraction of sp³-hybridized carbons (Fsp3) is 0.0625. The predicted molar refractivity (Wildman–Crippen MR) is 78.5 cm³/mol. The average Bonchev–Trinajstić information content (AvgIpc) is 2.86. The number of fused-ring (bicyclic) bond motifs is 1. The number of para-hydroxylation sites is 1. The summed E-state index contributed by atoms with van der Waals surface area (Å²) in [7, 11) is 0. The SMILES string of the molecule is Cc1cccc2cc(C(=O)c3cc(F)ccc3Br)oc12. The molecular formula is C16H10BrFO2. The van der Waals surface area contributed by atoms with Crippen molar-refractivity contribution in [3.05, 3.63) is 69.6 Å². The molecule has 2 nitrogen and oxygen atoms in total. The Morgan fingerprint density at radius 2 is 2.00 bits per heavy atom. The van der Waals surface area contributed by atoms with Gasteiger partial charge in [-0.3, -0.25) is 4.79 Å². The van der Waals surface area contributed by atoms with Gasteiger partial charge < -0.3 is 4.42 Å². The summed E-state index contributed by atoms with van der Waals surface area (Å²) in [4.78, 5) is 12.4. The lowest BCUT2D eigenvalue weighted by Crippen LogP contribution is -2.01. The van der Waals surface area contributed by atoms with E-state index in [2.05, 4.69) is 15.9 Å². The van der Waals surface area contributed by atoms with Crippen LogP contribution in [0.15, 0.2) is 51.4 Å². The van der Waals surface area contributed by atoms with Crippen molar-refractivity contribution in [1.82, 2.24) is 0 Å². The zero-order valence-electron chi connectivity index (χ0n) is 10.6. The molecule has 1 aromatic heterocycles. The van der Waals surface area contributed by atoms with Gasteiger partial charge in [0.15, 0.2) is 5.76 Å². The maximum atomic E-state index is 13.3. The van der Waals surface area contributed by atoms with E-state index in [1.54, 1.807) is 6.07 Å². The Balaban J connectivity index is 2.13. The van der Waals surface area contributed by atoms with Crippen molar-refractivity contribution in [2.75, 3.05) is 0 Å². The quantitative estimate of drug-likeness (QED) is 0.626. The number of carbonyl (C=O) groups is 1. The van der Waals surface area contributed by atoms with E-state index in [-0.39, 0.29) is 17.1 Å². The van der Waals surface area contributed by atoms with Crippen molar-refractivity contribution in [3.8, 4) is 0 Å². The minimum absolute atomic E-state index is 0.209. The molecule has 2 aromatic carbocycles. The van der Waals surface area contributed by atoms with Gasteiger partial charge in [0.05, 0.1) is 0 Å². The van der Waals surface area contributed by atoms with Gasteiger partial charge in [-0.05, 0) is 36.8 Å². The first-order valence-electron chi connectivity index (χ1n) is 6.05. The second kappa shape index (κ2) is 4.87. The van der Waals surface area contributed by atoms with Gasteiger partial charge in [0.1, 0.15) is 11.4 Å². The van der Waals surface area contributed by atoms with Crippen LogP contribution < -0.4 is 0 Å². The van der Waals surface area contributed by atoms with Crippen LogP contribution in [0.25, 0.3) is 11.0 Å². The summed E-state index contributed by atoms with van der Waals surface area (Å²) < 4.78 is 19.4. The highest BCUT2D eigenvalue weighted by Gasteiger charge is 2.18. The summed E-state index contributed by atoms with van der Waals surface area (Å²) in [6, 6.07) is 11.4. The van der Waals surface area contributed by atoms with Crippen molar-refractivity contribution in [3.63, 3.8) is 0 Å². The largest absolute Gasteiger partial charge is 0.452 e. The number of furan rings is 1. The lowest BCUT2D eigenvalue weighted by molar-refractivity contribution is 0.101. The molecule has 100 valence electrons. The molecule has 0 saturated heterocycles. The van der Waals surface area contributed by atoms with Crippen molar-refractivity contribution >= 4 is 32.7 Å². The first-order chi connectivity index (χ1) is 9.56. The Hall–Kier alpha value is -1.94. The molecule has 0 aliphatic rings. The van der Waals surface area contributed by atoms with E-state index in [1.165, 1.54) is 18.2 Å². The van der Waals surface area contributed by atoms with Crippen LogP contribution in [0.1, 0.15) is 21.7 Å². The fourth-order valence-corrected chi connectivity index (χ4v) is 2.55. The molecule has 0 aliphatic carbocycles. The Bertz CT molecular complexity index is 820. The highest BCUT2D eigenvalue weighted by atomic mass is 79.9. The molecule has 0 fully saturated rings. The average molecular weight is 333 g/mol. The number of ketones is 1. The van der Waals surface area contributed by atoms with Gasteiger partial charge in [-0.1, -0.05) is 34.1 Å². The van der Waals surface area contributed by atoms with E-state index in [0.29, 0.717) is 10.1 Å². The highest BCUT2D eigenvalue weighted by Crippen LogP contribution is 2.27. The van der Waals surface area contributed by atoms with Crippen LogP contribution >= 0.6 is 15.9 Å². The second-order valence-corrected chi connectivity index (χ2v) is 5.41. The number of aryl methyl sites for hydroxylation is 1. The zero-order valence-corrected chi connectivity index (χ0v) is 12.2. The third kappa shape index (κ3) is 2.16. The first kappa shape index (κ1) is 13.1. The van der Waals surface area contributed by atoms with Crippen LogP contribution in [0.5, 0.6) is 0 Å². The Kier molecular flexibility index (Phi) is 3.18. The number of rotatable bonds is 2. The van der Waals surface area contributed by atoms with E-state index in [9.17, 15) is 9.18 Å². The van der Waals surface area contributed by atoms with Gasteiger partial charge in [-0.15, -0.1) is 0 Å². The second-order valence-electron chi connectivity index (χ2n) is 4.56. The standard InChI is InChI=1S/C16H10BrFO2/c1-9-3-2-4-10-7-14(20-16(9)10)15(19)12-8-11(18)5-6-13(12)17/h2-8H,1H3. The van der Waals surface area contributed by atoms with Gasteiger partial charge in [0.25, 0.3) is 0 Å². The third-order valence-corrected chi connectivity index (χ3v) is 3.83. The van der Waals surface area contributed by atoms with Crippen LogP contribution in [-0.4, -0.2) is 5.78 Å². The number of carbonyl (C=O) groups excluding carboxylic acids is 1. The summed E-state index contributed by atoms with van der Waals surface area (Å²) in [5, 5.41) is 0.862. The van der Waals surface area contributed by atoms with Gasteiger partial charge in [0.2, 0.25) is 5.78 Å². The molecule has 0 atom stereocenters. The van der Waals surface area contributed by atoms with Gasteiger partial charge in [-0.25, -0.2) is 4.39 Å². The fourth-order valence-electron chi connectivity index (χ4n) is 2.13. The minimum atomic E-state index is -0.455. The summed E-state index contributed by atoms with van der Waals surface area (Å²) in [6.45, 7) is 1.91. The van der Waals surface area contributed by atoms with Crippen molar-refractivity contribution in [2.45, 2.75) is 6.92 Å². The maximum Gasteiger partial charge on any atom is 0.229 e. The monoisotopic (exact) mass is 332 g/mol. The van der Waals surface area contributed by atoms with E-state index < -0.39 is 5.82 Å². The van der Waals surface area contributed by atoms with Crippen molar-refractivity contribution in [1.29, 1.82) is 0 Å². The molecule has 0 N–H and O–H groups in total. The predicted octanol–water partition coefficient (Wildman–Crippen LogP) is 4.87. The van der Waals surface area contributed by atoms with Gasteiger partial charge >= 0.3 is 0 Å². The molecule has 3 aromatic rings. The van der Waals surface area contributed by atoms with E-state index in [1.807, 2.05) is 25.1 Å². The van der Waals surface area contributed by atoms with Crippen LogP contribution in [0.3, 0.4) is 0 Å². The lowest BCUT2D eigenvalue weighted by Gasteiger charge is -2.01. The van der Waals surface area contributed by atoms with Crippen molar-refractivity contribution in [2.24, 2.45) is 0 Å². The van der Waals surface area contributed by atoms with Crippen LogP contribution in [0.4, 0.5) is 4.39 Å². The zero-order chi connectivity index (χ0) is 14.3. The molecule has 4 heteroatoms. The minimum Gasteiger partial charge on any atom is -0.452 e. The Labute approximate surface area is 123 Å². The van der Waals surface area contributed by atoms with Crippen LogP contribution in [0.2, 0.25) is 0 Å². The molecular weight excluding hydrogens is 323 g/mol. The van der Waals surface area contributed by atoms with Crippen LogP contribution in [-0.2, 0) is 0 Å². The first-order valence-corrected chi connectivity index (χ1v) is 6.84. The molecule has 0 radical (unpaired) electrons. The number of halogens is 2.